The first-order valence-electron chi connectivity index (χ1n) is 5.92. The second-order valence-corrected chi connectivity index (χ2v) is 11.5. The van der Waals surface area contributed by atoms with Crippen LogP contribution in [0.2, 0.25) is 0 Å². The van der Waals surface area contributed by atoms with Gasteiger partial charge in [0.2, 0.25) is 10.0 Å². The molecule has 9 nitrogen and oxygen atoms in total. The molecule has 1 fully saturated rings. The van der Waals surface area contributed by atoms with Gasteiger partial charge in [-0.2, -0.15) is 4.31 Å². The van der Waals surface area contributed by atoms with Crippen molar-refractivity contribution in [2.24, 2.45) is 0 Å². The smallest absolute Gasteiger partial charge is 0.305 e. The van der Waals surface area contributed by atoms with Crippen molar-refractivity contribution in [2.75, 3.05) is 35.8 Å². The van der Waals surface area contributed by atoms with E-state index < -0.39 is 71.1 Å². The van der Waals surface area contributed by atoms with Gasteiger partial charge in [-0.3, -0.25) is 4.79 Å². The van der Waals surface area contributed by atoms with Gasteiger partial charge in [-0.1, -0.05) is 0 Å². The number of aliphatic carboxylic acids is 1. The quantitative estimate of drug-likeness (QED) is 0.567. The average molecular weight is 363 g/mol. The van der Waals surface area contributed by atoms with E-state index in [1.165, 1.54) is 0 Å². The number of carboxylic acid groups (broad SMARTS) is 1. The minimum absolute atomic E-state index is 0.355. The van der Waals surface area contributed by atoms with Crippen LogP contribution in [0.3, 0.4) is 0 Å². The molecule has 0 bridgehead atoms. The molecule has 0 saturated carbocycles. The fourth-order valence-corrected chi connectivity index (χ4v) is 6.97. The molecule has 0 aromatic rings. The van der Waals surface area contributed by atoms with Crippen LogP contribution in [0, 0.1) is 0 Å². The van der Waals surface area contributed by atoms with E-state index in [1.54, 1.807) is 0 Å². The van der Waals surface area contributed by atoms with E-state index in [0.717, 1.165) is 10.6 Å². The molecule has 0 aliphatic carbocycles. The molecule has 0 radical (unpaired) electrons. The van der Waals surface area contributed by atoms with Crippen molar-refractivity contribution in [1.82, 2.24) is 4.31 Å². The Morgan fingerprint density at radius 2 is 1.81 bits per heavy atom. The molecule has 0 amide bonds. The third-order valence-corrected chi connectivity index (χ3v) is 7.77. The molecule has 1 rings (SSSR count). The van der Waals surface area contributed by atoms with Crippen molar-refractivity contribution in [3.05, 3.63) is 0 Å². The van der Waals surface area contributed by atoms with Gasteiger partial charge in [-0.05, 0) is 0 Å². The van der Waals surface area contributed by atoms with Crippen LogP contribution in [0.25, 0.3) is 0 Å². The first kappa shape index (κ1) is 18.3. The predicted molar refractivity (Wildman–Crippen MR) is 74.9 cm³/mol. The van der Waals surface area contributed by atoms with Crippen LogP contribution in [0.5, 0.6) is 0 Å². The maximum absolute atomic E-state index is 12.1. The third-order valence-electron chi connectivity index (χ3n) is 2.96. The Labute approximate surface area is 123 Å². The molecule has 21 heavy (non-hydrogen) atoms. The zero-order valence-electron chi connectivity index (χ0n) is 11.3. The molecule has 1 saturated heterocycles. The van der Waals surface area contributed by atoms with E-state index in [-0.39, 0.29) is 6.54 Å². The predicted octanol–water partition coefficient (Wildman–Crippen LogP) is -2.07. The van der Waals surface area contributed by atoms with E-state index in [9.17, 15) is 30.0 Å². The van der Waals surface area contributed by atoms with Gasteiger partial charge in [-0.25, -0.2) is 25.3 Å². The topological polar surface area (TPSA) is 143 Å². The van der Waals surface area contributed by atoms with E-state index >= 15 is 0 Å². The van der Waals surface area contributed by atoms with E-state index in [1.807, 2.05) is 0 Å². The first-order valence-corrected chi connectivity index (χ1v) is 11.4. The fourth-order valence-electron chi connectivity index (χ4n) is 1.97. The number of hydrogen-bond acceptors (Lipinski definition) is 7. The lowest BCUT2D eigenvalue weighted by Crippen LogP contribution is -2.52. The lowest BCUT2D eigenvalue weighted by Gasteiger charge is -2.33. The summed E-state index contributed by atoms with van der Waals surface area (Å²) in [4.78, 5) is 10.8. The molecule has 1 heterocycles. The van der Waals surface area contributed by atoms with Gasteiger partial charge in [0, 0.05) is 18.8 Å². The summed E-state index contributed by atoms with van der Waals surface area (Å²) < 4.78 is 70.2. The summed E-state index contributed by atoms with van der Waals surface area (Å²) in [5.74, 6) is -3.58. The van der Waals surface area contributed by atoms with Gasteiger partial charge < -0.3 is 5.11 Å². The van der Waals surface area contributed by atoms with Gasteiger partial charge in [0.1, 0.15) is 9.84 Å². The summed E-state index contributed by atoms with van der Waals surface area (Å²) >= 11 is 0. The highest BCUT2D eigenvalue weighted by Crippen LogP contribution is 2.19. The van der Waals surface area contributed by atoms with Crippen molar-refractivity contribution in [2.45, 2.75) is 12.5 Å². The maximum Gasteiger partial charge on any atom is 0.305 e. The Hall–Kier alpha value is -0.720. The molecule has 124 valence electrons. The zero-order valence-corrected chi connectivity index (χ0v) is 13.7. The molecule has 0 aromatic heterocycles. The summed E-state index contributed by atoms with van der Waals surface area (Å²) in [5.41, 5.74) is 0. The van der Waals surface area contributed by atoms with E-state index in [2.05, 4.69) is 0 Å². The van der Waals surface area contributed by atoms with Crippen LogP contribution < -0.4 is 0 Å². The van der Waals surface area contributed by atoms with Crippen molar-refractivity contribution < 1.29 is 35.2 Å². The van der Waals surface area contributed by atoms with Crippen molar-refractivity contribution in [3.8, 4) is 0 Å². The fraction of sp³-hybridized carbons (Fsp3) is 0.889. The number of carbonyl (C=O) groups is 1. The molecule has 1 unspecified atom stereocenters. The number of sulfone groups is 2. The molecule has 0 aromatic carbocycles. The lowest BCUT2D eigenvalue weighted by atomic mass is 10.2. The van der Waals surface area contributed by atoms with Crippen LogP contribution in [-0.4, -0.2) is 82.5 Å². The first-order chi connectivity index (χ1) is 9.32. The zero-order chi connectivity index (χ0) is 16.5. The average Bonchev–Trinajstić information content (AvgIpc) is 2.23. The van der Waals surface area contributed by atoms with Crippen LogP contribution in [-0.2, 0) is 34.5 Å². The van der Waals surface area contributed by atoms with Crippen molar-refractivity contribution in [1.29, 1.82) is 0 Å². The van der Waals surface area contributed by atoms with Gasteiger partial charge in [0.15, 0.2) is 9.84 Å². The molecular formula is C9H17NO8S3. The molecule has 0 spiro atoms. The second kappa shape index (κ2) is 6.18. The van der Waals surface area contributed by atoms with Gasteiger partial charge in [0.05, 0.1) is 29.4 Å². The maximum atomic E-state index is 12.1. The summed E-state index contributed by atoms with van der Waals surface area (Å²) in [6.07, 6.45) is 0.245. The molecule has 1 atom stereocenters. The molecule has 1 N–H and O–H groups in total. The lowest BCUT2D eigenvalue weighted by molar-refractivity contribution is -0.137. The molecule has 12 heteroatoms. The van der Waals surface area contributed by atoms with E-state index in [4.69, 9.17) is 5.11 Å². The van der Waals surface area contributed by atoms with Crippen LogP contribution in [0.1, 0.15) is 6.42 Å². The molecule has 1 aliphatic rings. The summed E-state index contributed by atoms with van der Waals surface area (Å²) in [6, 6.07) is -1.20. The van der Waals surface area contributed by atoms with E-state index in [0.29, 0.717) is 0 Å². The summed E-state index contributed by atoms with van der Waals surface area (Å²) in [6.45, 7) is -0.355. The third kappa shape index (κ3) is 5.88. The Balaban J connectivity index is 2.98. The summed E-state index contributed by atoms with van der Waals surface area (Å²) in [5, 5.41) is 8.77. The highest BCUT2D eigenvalue weighted by molar-refractivity contribution is 7.94. The Morgan fingerprint density at radius 3 is 2.29 bits per heavy atom. The largest absolute Gasteiger partial charge is 0.481 e. The van der Waals surface area contributed by atoms with Crippen molar-refractivity contribution >= 4 is 35.7 Å². The second-order valence-electron chi connectivity index (χ2n) is 4.92. The number of sulfonamides is 1. The number of rotatable bonds is 6. The van der Waals surface area contributed by atoms with Crippen LogP contribution >= 0.6 is 0 Å². The Kier molecular flexibility index (Phi) is 5.40. The highest BCUT2D eigenvalue weighted by Gasteiger charge is 2.39. The van der Waals surface area contributed by atoms with Gasteiger partial charge >= 0.3 is 5.97 Å². The minimum Gasteiger partial charge on any atom is -0.481 e. The Bertz CT molecular complexity index is 706. The summed E-state index contributed by atoms with van der Waals surface area (Å²) in [7, 11) is -11.0. The van der Waals surface area contributed by atoms with Crippen LogP contribution in [0.4, 0.5) is 0 Å². The minimum atomic E-state index is -4.04. The standard InChI is InChI=1S/C9H17NO8S3/c1-19(13,14)4-5-21(17,18)10-2-3-20(15,16)7-8(10)6-9(11)12/h8H,2-7H2,1H3,(H,11,12). The number of carboxylic acids is 1. The normalized spacial score (nSPS) is 23.8. The SMILES string of the molecule is CS(=O)(=O)CCS(=O)(=O)N1CCS(=O)(=O)CC1CC(=O)O. The van der Waals surface area contributed by atoms with Crippen LogP contribution in [0.15, 0.2) is 0 Å². The molecule has 1 aliphatic heterocycles. The number of nitrogens with zero attached hydrogens (tertiary/aromatic N) is 1. The van der Waals surface area contributed by atoms with Crippen molar-refractivity contribution in [3.63, 3.8) is 0 Å². The monoisotopic (exact) mass is 363 g/mol. The van der Waals surface area contributed by atoms with Gasteiger partial charge in [-0.15, -0.1) is 0 Å². The molecular weight excluding hydrogens is 346 g/mol. The number of hydrogen-bond donors (Lipinski definition) is 1. The highest BCUT2D eigenvalue weighted by atomic mass is 32.2. The Morgan fingerprint density at radius 1 is 1.24 bits per heavy atom. The van der Waals surface area contributed by atoms with Gasteiger partial charge in [0.25, 0.3) is 0 Å².